The Morgan fingerprint density at radius 2 is 2.11 bits per heavy atom. The second-order valence-corrected chi connectivity index (χ2v) is 9.54. The lowest BCUT2D eigenvalue weighted by Gasteiger charge is -2.51. The number of halogens is 1. The van der Waals surface area contributed by atoms with Gasteiger partial charge in [-0.25, -0.2) is 0 Å². The number of hydrogen-bond donors (Lipinski definition) is 2. The zero-order valence-corrected chi connectivity index (χ0v) is 17.2. The highest BCUT2D eigenvalue weighted by Crippen LogP contribution is 2.51. The van der Waals surface area contributed by atoms with Crippen LogP contribution < -0.4 is 11.1 Å². The first-order chi connectivity index (χ1) is 13.0. The van der Waals surface area contributed by atoms with E-state index in [0.717, 1.165) is 6.42 Å². The summed E-state index contributed by atoms with van der Waals surface area (Å²) in [5.41, 5.74) is 8.33. The van der Waals surface area contributed by atoms with E-state index >= 15 is 0 Å². The van der Waals surface area contributed by atoms with E-state index < -0.39 is 0 Å². The summed E-state index contributed by atoms with van der Waals surface area (Å²) in [7, 11) is 1.77. The van der Waals surface area contributed by atoms with Gasteiger partial charge in [-0.2, -0.15) is 0 Å². The molecule has 1 aromatic carbocycles. The molecule has 4 rings (SSSR count). The monoisotopic (exact) mass is 406 g/mol. The zero-order valence-electron chi connectivity index (χ0n) is 15.7. The molecule has 3 aliphatic rings. The molecule has 2 fully saturated rings. The van der Waals surface area contributed by atoms with Crippen LogP contribution in [0, 0.1) is 11.8 Å². The highest BCUT2D eigenvalue weighted by atomic mass is 35.5. The Bertz CT molecular complexity index is 725. The van der Waals surface area contributed by atoms with Gasteiger partial charge in [0.05, 0.1) is 16.7 Å². The van der Waals surface area contributed by atoms with E-state index in [-0.39, 0.29) is 46.4 Å². The van der Waals surface area contributed by atoms with Crippen molar-refractivity contribution in [2.45, 2.75) is 48.0 Å². The third-order valence-electron chi connectivity index (χ3n) is 6.51. The van der Waals surface area contributed by atoms with Gasteiger partial charge in [0.25, 0.3) is 0 Å². The van der Waals surface area contributed by atoms with Crippen LogP contribution in [-0.2, 0) is 9.53 Å². The molecule has 146 valence electrons. The number of ether oxygens (including phenoxy) is 1. The van der Waals surface area contributed by atoms with Crippen molar-refractivity contribution >= 4 is 29.3 Å². The zero-order chi connectivity index (χ0) is 19.1. The first-order valence-corrected chi connectivity index (χ1v) is 11.0. The summed E-state index contributed by atoms with van der Waals surface area (Å²) in [4.78, 5) is 12.5. The molecule has 1 aliphatic carbocycles. The minimum atomic E-state index is -0.114. The van der Waals surface area contributed by atoms with E-state index in [2.05, 4.69) is 48.0 Å². The molecule has 0 spiro atoms. The fourth-order valence-electron chi connectivity index (χ4n) is 4.98. The number of hydrogen-bond acceptors (Lipinski definition) is 4. The minimum absolute atomic E-state index is 0.0252. The van der Waals surface area contributed by atoms with Crippen molar-refractivity contribution < 1.29 is 9.53 Å². The highest BCUT2D eigenvalue weighted by Gasteiger charge is 2.55. The molecule has 2 aliphatic heterocycles. The Hall–Kier alpha value is -1.01. The molecule has 3 N–H and O–H groups in total. The molecule has 8 atom stereocenters. The second-order valence-electron chi connectivity index (χ2n) is 7.93. The number of fused-ring (bicyclic) bond motifs is 3. The van der Waals surface area contributed by atoms with Crippen LogP contribution in [0.1, 0.15) is 36.3 Å². The molecule has 4 nitrogen and oxygen atoms in total. The van der Waals surface area contributed by atoms with Crippen molar-refractivity contribution in [3.63, 3.8) is 0 Å². The van der Waals surface area contributed by atoms with Crippen LogP contribution >= 0.6 is 23.4 Å². The van der Waals surface area contributed by atoms with Gasteiger partial charge in [-0.3, -0.25) is 4.79 Å². The van der Waals surface area contributed by atoms with Crippen molar-refractivity contribution in [3.8, 4) is 0 Å². The molecule has 1 saturated heterocycles. The lowest BCUT2D eigenvalue weighted by molar-refractivity contribution is -0.127. The van der Waals surface area contributed by atoms with Crippen LogP contribution in [0.15, 0.2) is 35.7 Å². The number of nitrogens with one attached hydrogen (secondary N) is 1. The second kappa shape index (κ2) is 7.78. The molecule has 2 heterocycles. The Morgan fingerprint density at radius 1 is 1.37 bits per heavy atom. The third-order valence-corrected chi connectivity index (χ3v) is 8.10. The maximum atomic E-state index is 12.5. The normalized spacial score (nSPS) is 38.8. The van der Waals surface area contributed by atoms with Crippen LogP contribution in [-0.4, -0.2) is 42.3 Å². The molecular formula is C21H27ClN2O2S. The van der Waals surface area contributed by atoms with Crippen LogP contribution in [0.3, 0.4) is 0 Å². The van der Waals surface area contributed by atoms with E-state index in [4.69, 9.17) is 22.1 Å². The molecule has 1 aromatic rings. The first-order valence-electron chi connectivity index (χ1n) is 9.64. The number of amides is 1. The summed E-state index contributed by atoms with van der Waals surface area (Å²) >= 11 is 8.33. The summed E-state index contributed by atoms with van der Waals surface area (Å²) in [6, 6.07) is 8.75. The smallest absolute Gasteiger partial charge is 0.234 e. The molecule has 27 heavy (non-hydrogen) atoms. The molecule has 1 saturated carbocycles. The van der Waals surface area contributed by atoms with Gasteiger partial charge in [0, 0.05) is 25.0 Å². The summed E-state index contributed by atoms with van der Waals surface area (Å²) in [6.45, 7) is 2.78. The number of carbonyl (C=O) groups is 1. The van der Waals surface area contributed by atoms with Crippen molar-refractivity contribution in [2.24, 2.45) is 17.6 Å². The van der Waals surface area contributed by atoms with E-state index in [0.29, 0.717) is 12.5 Å². The quantitative estimate of drug-likeness (QED) is 0.753. The van der Waals surface area contributed by atoms with Crippen molar-refractivity contribution in [1.29, 1.82) is 0 Å². The predicted octanol–water partition coefficient (Wildman–Crippen LogP) is 3.22. The largest absolute Gasteiger partial charge is 0.381 e. The SMILES string of the molecule is COC1CC(Cl)C2NC(=O)C3SC=CC3C2C1c1ccc([C@@H](C)CN)cc1. The molecule has 0 aromatic heterocycles. The average molecular weight is 407 g/mol. The summed E-state index contributed by atoms with van der Waals surface area (Å²) < 4.78 is 5.90. The number of piperidine rings is 1. The number of thioether (sulfide) groups is 1. The summed E-state index contributed by atoms with van der Waals surface area (Å²) in [5, 5.41) is 5.12. The Balaban J connectivity index is 1.72. The maximum Gasteiger partial charge on any atom is 0.234 e. The van der Waals surface area contributed by atoms with Gasteiger partial charge in [0.15, 0.2) is 0 Å². The van der Waals surface area contributed by atoms with E-state index in [1.807, 2.05) is 0 Å². The van der Waals surface area contributed by atoms with Crippen LogP contribution in [0.4, 0.5) is 0 Å². The van der Waals surface area contributed by atoms with Crippen LogP contribution in [0.25, 0.3) is 0 Å². The first kappa shape index (κ1) is 19.3. The molecular weight excluding hydrogens is 380 g/mol. The van der Waals surface area contributed by atoms with Gasteiger partial charge in [-0.15, -0.1) is 23.4 Å². The number of methoxy groups -OCH3 is 1. The van der Waals surface area contributed by atoms with Crippen LogP contribution in [0.2, 0.25) is 0 Å². The number of rotatable bonds is 4. The molecule has 1 amide bonds. The Morgan fingerprint density at radius 3 is 2.78 bits per heavy atom. The Labute approximate surface area is 170 Å². The van der Waals surface area contributed by atoms with Crippen molar-refractivity contribution in [1.82, 2.24) is 5.32 Å². The Kier molecular flexibility index (Phi) is 5.57. The lowest BCUT2D eigenvalue weighted by atomic mass is 9.63. The standard InChI is InChI=1S/C21H27ClN2O2S/c1-11(10-23)12-3-5-13(6-4-12)17-16(26-2)9-15(22)19-18(17)14-7-8-27-20(14)21(25)24-19/h3-8,11,14-20H,9-10,23H2,1-2H3,(H,24,25)/t11-,14?,15?,16?,17?,18?,19?,20?/m0/s1. The number of benzene rings is 1. The summed E-state index contributed by atoms with van der Waals surface area (Å²) in [5.74, 6) is 1.09. The number of alkyl halides is 1. The van der Waals surface area contributed by atoms with Gasteiger partial charge in [0.1, 0.15) is 0 Å². The van der Waals surface area contributed by atoms with Gasteiger partial charge in [-0.1, -0.05) is 37.3 Å². The predicted molar refractivity (Wildman–Crippen MR) is 111 cm³/mol. The fraction of sp³-hybridized carbons (Fsp3) is 0.571. The van der Waals surface area contributed by atoms with Crippen molar-refractivity contribution in [3.05, 3.63) is 46.9 Å². The van der Waals surface area contributed by atoms with E-state index in [1.54, 1.807) is 18.9 Å². The molecule has 0 radical (unpaired) electrons. The van der Waals surface area contributed by atoms with Gasteiger partial charge >= 0.3 is 0 Å². The minimum Gasteiger partial charge on any atom is -0.381 e. The third kappa shape index (κ3) is 3.33. The fourth-order valence-corrected chi connectivity index (χ4v) is 6.47. The van der Waals surface area contributed by atoms with Gasteiger partial charge < -0.3 is 15.8 Å². The van der Waals surface area contributed by atoms with Gasteiger partial charge in [-0.05, 0) is 41.3 Å². The number of allylic oxidation sites excluding steroid dienone is 1. The maximum absolute atomic E-state index is 12.5. The summed E-state index contributed by atoms with van der Waals surface area (Å²) in [6.07, 6.45) is 2.98. The lowest BCUT2D eigenvalue weighted by Crippen LogP contribution is -2.63. The molecule has 0 bridgehead atoms. The number of carbonyl (C=O) groups excluding carboxylic acids is 1. The van der Waals surface area contributed by atoms with Crippen molar-refractivity contribution in [2.75, 3.05) is 13.7 Å². The average Bonchev–Trinajstić information content (AvgIpc) is 3.18. The van der Waals surface area contributed by atoms with Crippen LogP contribution in [0.5, 0.6) is 0 Å². The van der Waals surface area contributed by atoms with Gasteiger partial charge in [0.2, 0.25) is 5.91 Å². The number of nitrogens with two attached hydrogens (primary N) is 1. The van der Waals surface area contributed by atoms with E-state index in [1.165, 1.54) is 11.1 Å². The molecule has 7 unspecified atom stereocenters. The highest BCUT2D eigenvalue weighted by molar-refractivity contribution is 8.03. The topological polar surface area (TPSA) is 64.3 Å². The molecule has 6 heteroatoms. The van der Waals surface area contributed by atoms with E-state index in [9.17, 15) is 4.79 Å².